The highest BCUT2D eigenvalue weighted by Gasteiger charge is 2.22. The van der Waals surface area contributed by atoms with Gasteiger partial charge in [0.2, 0.25) is 0 Å². The van der Waals surface area contributed by atoms with Crippen molar-refractivity contribution in [3.63, 3.8) is 0 Å². The standard InChI is InChI=1S/C20H19NO5/c1-20(2,3)26-18(22)11-10-13-8-9-14(24-13)12-17-19(23)21-15-6-4-5-7-16(15)25-17/h4-12H,1-3H3,(H,21,23)/b11-10+,17-12-. The molecule has 2 aromatic rings. The van der Waals surface area contributed by atoms with Crippen LogP contribution in [0.1, 0.15) is 32.3 Å². The van der Waals surface area contributed by atoms with Crippen molar-refractivity contribution in [2.24, 2.45) is 0 Å². The van der Waals surface area contributed by atoms with E-state index >= 15 is 0 Å². The minimum absolute atomic E-state index is 0.126. The molecule has 1 aliphatic rings. The minimum atomic E-state index is -0.553. The minimum Gasteiger partial charge on any atom is -0.457 e. The van der Waals surface area contributed by atoms with E-state index in [9.17, 15) is 9.59 Å². The molecule has 6 nitrogen and oxygen atoms in total. The highest BCUT2D eigenvalue weighted by atomic mass is 16.6. The summed E-state index contributed by atoms with van der Waals surface area (Å²) in [4.78, 5) is 23.8. The molecule has 0 fully saturated rings. The number of hydrogen-bond acceptors (Lipinski definition) is 5. The van der Waals surface area contributed by atoms with E-state index in [0.717, 1.165) is 0 Å². The van der Waals surface area contributed by atoms with Crippen LogP contribution >= 0.6 is 0 Å². The van der Waals surface area contributed by atoms with Gasteiger partial charge in [-0.3, -0.25) is 4.79 Å². The second kappa shape index (κ2) is 6.92. The van der Waals surface area contributed by atoms with Crippen molar-refractivity contribution in [1.29, 1.82) is 0 Å². The summed E-state index contributed by atoms with van der Waals surface area (Å²) in [5.41, 5.74) is 0.0670. The summed E-state index contributed by atoms with van der Waals surface area (Å²) in [6.45, 7) is 5.38. The molecular weight excluding hydrogens is 334 g/mol. The van der Waals surface area contributed by atoms with Crippen LogP contribution in [0.15, 0.2) is 52.7 Å². The Morgan fingerprint density at radius 3 is 2.62 bits per heavy atom. The summed E-state index contributed by atoms with van der Waals surface area (Å²) >= 11 is 0. The number of esters is 1. The molecule has 134 valence electrons. The number of furan rings is 1. The Labute approximate surface area is 151 Å². The Bertz CT molecular complexity index is 899. The number of anilines is 1. The summed E-state index contributed by atoms with van der Waals surface area (Å²) < 4.78 is 16.4. The molecule has 1 N–H and O–H groups in total. The number of carbonyl (C=O) groups is 2. The lowest BCUT2D eigenvalue weighted by Gasteiger charge is -2.19. The van der Waals surface area contributed by atoms with Crippen LogP contribution in [-0.4, -0.2) is 17.5 Å². The van der Waals surface area contributed by atoms with Gasteiger partial charge in [0, 0.05) is 12.2 Å². The Morgan fingerprint density at radius 1 is 1.12 bits per heavy atom. The second-order valence-corrected chi connectivity index (χ2v) is 6.67. The van der Waals surface area contributed by atoms with E-state index in [2.05, 4.69) is 5.32 Å². The third kappa shape index (κ3) is 4.42. The summed E-state index contributed by atoms with van der Waals surface area (Å²) in [6, 6.07) is 10.5. The fraction of sp³-hybridized carbons (Fsp3) is 0.200. The first-order chi connectivity index (χ1) is 12.3. The number of amides is 1. The molecule has 26 heavy (non-hydrogen) atoms. The lowest BCUT2D eigenvalue weighted by Crippen LogP contribution is -2.23. The summed E-state index contributed by atoms with van der Waals surface area (Å²) in [7, 11) is 0. The first-order valence-electron chi connectivity index (χ1n) is 8.11. The van der Waals surface area contributed by atoms with Gasteiger partial charge in [0.05, 0.1) is 5.69 Å². The van der Waals surface area contributed by atoms with E-state index in [1.54, 1.807) is 45.0 Å². The molecule has 0 spiro atoms. The molecule has 1 amide bonds. The topological polar surface area (TPSA) is 77.8 Å². The van der Waals surface area contributed by atoms with E-state index in [1.807, 2.05) is 12.1 Å². The van der Waals surface area contributed by atoms with Gasteiger partial charge < -0.3 is 19.2 Å². The highest BCUT2D eigenvalue weighted by molar-refractivity contribution is 6.07. The molecule has 2 heterocycles. The number of benzene rings is 1. The second-order valence-electron chi connectivity index (χ2n) is 6.67. The number of para-hydroxylation sites is 2. The Kier molecular flexibility index (Phi) is 4.67. The Balaban J connectivity index is 1.71. The molecule has 0 saturated heterocycles. The largest absolute Gasteiger partial charge is 0.457 e. The van der Waals surface area contributed by atoms with Crippen molar-refractivity contribution in [3.8, 4) is 5.75 Å². The zero-order chi connectivity index (χ0) is 18.7. The maximum atomic E-state index is 12.1. The zero-order valence-corrected chi connectivity index (χ0v) is 14.7. The van der Waals surface area contributed by atoms with Crippen molar-refractivity contribution >= 4 is 29.7 Å². The van der Waals surface area contributed by atoms with Crippen molar-refractivity contribution in [3.05, 3.63) is 59.8 Å². The van der Waals surface area contributed by atoms with Gasteiger partial charge in [-0.15, -0.1) is 0 Å². The van der Waals surface area contributed by atoms with Gasteiger partial charge in [-0.05, 0) is 51.1 Å². The number of fused-ring (bicyclic) bond motifs is 1. The van der Waals surface area contributed by atoms with Crippen molar-refractivity contribution in [2.45, 2.75) is 26.4 Å². The Hall–Kier alpha value is -3.28. The zero-order valence-electron chi connectivity index (χ0n) is 14.7. The fourth-order valence-corrected chi connectivity index (χ4v) is 2.25. The Morgan fingerprint density at radius 2 is 1.85 bits per heavy atom. The van der Waals surface area contributed by atoms with Gasteiger partial charge in [-0.1, -0.05) is 12.1 Å². The van der Waals surface area contributed by atoms with Gasteiger partial charge in [0.1, 0.15) is 17.1 Å². The quantitative estimate of drug-likeness (QED) is 0.666. The number of rotatable bonds is 3. The molecule has 0 bridgehead atoms. The normalized spacial score (nSPS) is 15.5. The molecule has 6 heteroatoms. The van der Waals surface area contributed by atoms with Gasteiger partial charge in [0.25, 0.3) is 5.91 Å². The molecule has 0 saturated carbocycles. The van der Waals surface area contributed by atoms with Crippen LogP contribution in [0.5, 0.6) is 5.75 Å². The molecule has 1 aromatic heterocycles. The average Bonchev–Trinajstić information content (AvgIpc) is 3.00. The lowest BCUT2D eigenvalue weighted by atomic mass is 10.2. The van der Waals surface area contributed by atoms with E-state index in [-0.39, 0.29) is 11.7 Å². The summed E-state index contributed by atoms with van der Waals surface area (Å²) in [6.07, 6.45) is 4.30. The van der Waals surface area contributed by atoms with E-state index in [4.69, 9.17) is 13.9 Å². The predicted octanol–water partition coefficient (Wildman–Crippen LogP) is 4.01. The van der Waals surface area contributed by atoms with Gasteiger partial charge in [0.15, 0.2) is 11.5 Å². The molecule has 3 rings (SSSR count). The van der Waals surface area contributed by atoms with Crippen molar-refractivity contribution in [1.82, 2.24) is 0 Å². The fourth-order valence-electron chi connectivity index (χ4n) is 2.25. The van der Waals surface area contributed by atoms with Crippen LogP contribution < -0.4 is 10.1 Å². The molecule has 0 aliphatic carbocycles. The summed E-state index contributed by atoms with van der Waals surface area (Å²) in [5, 5.41) is 2.75. The number of ether oxygens (including phenoxy) is 2. The summed E-state index contributed by atoms with van der Waals surface area (Å²) in [5.74, 6) is 0.764. The van der Waals surface area contributed by atoms with Crippen LogP contribution in [0.3, 0.4) is 0 Å². The predicted molar refractivity (Wildman–Crippen MR) is 97.3 cm³/mol. The smallest absolute Gasteiger partial charge is 0.331 e. The molecule has 0 atom stereocenters. The molecule has 0 unspecified atom stereocenters. The van der Waals surface area contributed by atoms with Crippen molar-refractivity contribution < 1.29 is 23.5 Å². The van der Waals surface area contributed by atoms with Gasteiger partial charge in [-0.25, -0.2) is 4.79 Å². The number of nitrogens with one attached hydrogen (secondary N) is 1. The highest BCUT2D eigenvalue weighted by Crippen LogP contribution is 2.31. The molecule has 1 aliphatic heterocycles. The lowest BCUT2D eigenvalue weighted by molar-refractivity contribution is -0.148. The average molecular weight is 353 g/mol. The van der Waals surface area contributed by atoms with Crippen LogP contribution in [0.25, 0.3) is 12.2 Å². The molecule has 0 radical (unpaired) electrons. The maximum Gasteiger partial charge on any atom is 0.331 e. The first-order valence-corrected chi connectivity index (χ1v) is 8.11. The van der Waals surface area contributed by atoms with E-state index in [1.165, 1.54) is 18.2 Å². The third-order valence-electron chi connectivity index (χ3n) is 3.29. The van der Waals surface area contributed by atoms with E-state index in [0.29, 0.717) is 23.0 Å². The number of carbonyl (C=O) groups excluding carboxylic acids is 2. The van der Waals surface area contributed by atoms with Crippen molar-refractivity contribution in [2.75, 3.05) is 5.32 Å². The first kappa shape index (κ1) is 17.5. The van der Waals surface area contributed by atoms with Crippen LogP contribution in [0.2, 0.25) is 0 Å². The van der Waals surface area contributed by atoms with Crippen LogP contribution in [0.4, 0.5) is 5.69 Å². The van der Waals surface area contributed by atoms with Crippen LogP contribution in [-0.2, 0) is 14.3 Å². The van der Waals surface area contributed by atoms with Gasteiger partial charge in [-0.2, -0.15) is 0 Å². The van der Waals surface area contributed by atoms with Crippen LogP contribution in [0, 0.1) is 0 Å². The van der Waals surface area contributed by atoms with Gasteiger partial charge >= 0.3 is 5.97 Å². The monoisotopic (exact) mass is 353 g/mol. The third-order valence-corrected chi connectivity index (χ3v) is 3.29. The number of hydrogen-bond donors (Lipinski definition) is 1. The SMILES string of the molecule is CC(C)(C)OC(=O)/C=C/c1ccc(/C=C2\Oc3ccccc3NC2=O)o1. The molecule has 1 aromatic carbocycles. The molecular formula is C20H19NO5. The van der Waals surface area contributed by atoms with E-state index < -0.39 is 11.6 Å². The maximum absolute atomic E-state index is 12.1.